The molecule has 1 unspecified atom stereocenters. The molecular formula is C17H24N4. The fraction of sp³-hybridized carbons (Fsp3) is 0.647. The van der Waals surface area contributed by atoms with Crippen LogP contribution >= 0.6 is 0 Å². The number of pyridine rings is 1. The molecule has 0 spiro atoms. The van der Waals surface area contributed by atoms with Gasteiger partial charge in [-0.25, -0.2) is 9.83 Å². The molecular weight excluding hydrogens is 260 g/mol. The molecule has 3 heterocycles. The third kappa shape index (κ3) is 2.46. The van der Waals surface area contributed by atoms with Crippen LogP contribution in [0.5, 0.6) is 0 Å². The molecule has 0 radical (unpaired) electrons. The highest BCUT2D eigenvalue weighted by Gasteiger charge is 2.30. The standard InChI is InChI=1S/C17H24N4/c1-5-14-7-8-20(11-14)15-10-12(2)16(18-4)17(19-15)21-9-6-13(21)3/h10,13-14H,5-9,11H2,1-3H3/t13-,14?/m0/s1. The quantitative estimate of drug-likeness (QED) is 0.789. The van der Waals surface area contributed by atoms with Gasteiger partial charge in [-0.15, -0.1) is 0 Å². The van der Waals surface area contributed by atoms with Crippen molar-refractivity contribution in [2.75, 3.05) is 29.4 Å². The molecule has 0 amide bonds. The number of hydrogen-bond acceptors (Lipinski definition) is 3. The first kappa shape index (κ1) is 14.2. The molecule has 2 saturated heterocycles. The Morgan fingerprint density at radius 2 is 2.19 bits per heavy atom. The highest BCUT2D eigenvalue weighted by molar-refractivity contribution is 5.74. The van der Waals surface area contributed by atoms with Crippen LogP contribution in [0.2, 0.25) is 0 Å². The summed E-state index contributed by atoms with van der Waals surface area (Å²) in [5.74, 6) is 2.75. The lowest BCUT2D eigenvalue weighted by atomic mass is 10.0. The van der Waals surface area contributed by atoms with Gasteiger partial charge in [0.25, 0.3) is 0 Å². The molecule has 112 valence electrons. The molecule has 0 aromatic carbocycles. The zero-order valence-corrected chi connectivity index (χ0v) is 13.3. The average molecular weight is 284 g/mol. The summed E-state index contributed by atoms with van der Waals surface area (Å²) < 4.78 is 0. The molecule has 0 N–H and O–H groups in total. The fourth-order valence-electron chi connectivity index (χ4n) is 3.34. The van der Waals surface area contributed by atoms with Crippen molar-refractivity contribution in [3.63, 3.8) is 0 Å². The lowest BCUT2D eigenvalue weighted by Crippen LogP contribution is -2.46. The zero-order valence-electron chi connectivity index (χ0n) is 13.3. The summed E-state index contributed by atoms with van der Waals surface area (Å²) in [6, 6.07) is 2.61. The van der Waals surface area contributed by atoms with Crippen LogP contribution in [0.25, 0.3) is 4.85 Å². The molecule has 1 aromatic rings. The summed E-state index contributed by atoms with van der Waals surface area (Å²) in [7, 11) is 0. The molecule has 2 aliphatic heterocycles. The molecule has 2 fully saturated rings. The van der Waals surface area contributed by atoms with Gasteiger partial charge in [0.2, 0.25) is 5.69 Å². The van der Waals surface area contributed by atoms with E-state index in [1.54, 1.807) is 0 Å². The minimum absolute atomic E-state index is 0.509. The second kappa shape index (κ2) is 5.55. The summed E-state index contributed by atoms with van der Waals surface area (Å²) in [4.78, 5) is 13.3. The van der Waals surface area contributed by atoms with Gasteiger partial charge in [-0.3, -0.25) is 0 Å². The maximum absolute atomic E-state index is 7.47. The van der Waals surface area contributed by atoms with Gasteiger partial charge in [0.15, 0.2) is 0 Å². The Balaban J connectivity index is 1.94. The van der Waals surface area contributed by atoms with E-state index in [1.807, 2.05) is 6.92 Å². The second-order valence-corrected chi connectivity index (χ2v) is 6.42. The monoisotopic (exact) mass is 284 g/mol. The third-order valence-corrected chi connectivity index (χ3v) is 5.04. The Morgan fingerprint density at radius 1 is 1.38 bits per heavy atom. The van der Waals surface area contributed by atoms with Gasteiger partial charge in [0.05, 0.1) is 6.57 Å². The summed E-state index contributed by atoms with van der Waals surface area (Å²) in [6.45, 7) is 17.2. The van der Waals surface area contributed by atoms with Gasteiger partial charge < -0.3 is 9.80 Å². The largest absolute Gasteiger partial charge is 0.362 e. The smallest absolute Gasteiger partial charge is 0.231 e. The molecule has 3 rings (SSSR count). The first-order valence-corrected chi connectivity index (χ1v) is 8.04. The van der Waals surface area contributed by atoms with E-state index in [2.05, 4.69) is 34.6 Å². The molecule has 4 heteroatoms. The molecule has 0 saturated carbocycles. The van der Waals surface area contributed by atoms with Crippen LogP contribution in [-0.2, 0) is 0 Å². The Morgan fingerprint density at radius 3 is 2.71 bits per heavy atom. The predicted molar refractivity (Wildman–Crippen MR) is 87.3 cm³/mol. The van der Waals surface area contributed by atoms with Gasteiger partial charge in [-0.1, -0.05) is 13.3 Å². The predicted octanol–water partition coefficient (Wildman–Crippen LogP) is 3.78. The van der Waals surface area contributed by atoms with E-state index < -0.39 is 0 Å². The number of anilines is 2. The normalized spacial score (nSPS) is 24.9. The van der Waals surface area contributed by atoms with Gasteiger partial charge in [0.1, 0.15) is 11.6 Å². The number of aryl methyl sites for hydroxylation is 1. The maximum Gasteiger partial charge on any atom is 0.231 e. The van der Waals surface area contributed by atoms with Crippen LogP contribution in [0.4, 0.5) is 17.3 Å². The highest BCUT2D eigenvalue weighted by Crippen LogP contribution is 2.38. The van der Waals surface area contributed by atoms with Gasteiger partial charge in [-0.05, 0) is 44.2 Å². The lowest BCUT2D eigenvalue weighted by molar-refractivity contribution is 0.477. The van der Waals surface area contributed by atoms with Crippen LogP contribution in [0, 0.1) is 19.4 Å². The van der Waals surface area contributed by atoms with E-state index in [9.17, 15) is 0 Å². The summed E-state index contributed by atoms with van der Waals surface area (Å²) in [6.07, 6.45) is 3.70. The fourth-order valence-corrected chi connectivity index (χ4v) is 3.34. The maximum atomic E-state index is 7.47. The molecule has 2 atom stereocenters. The molecule has 2 aliphatic rings. The van der Waals surface area contributed by atoms with Gasteiger partial charge >= 0.3 is 0 Å². The van der Waals surface area contributed by atoms with Crippen molar-refractivity contribution in [3.8, 4) is 0 Å². The van der Waals surface area contributed by atoms with E-state index in [0.717, 1.165) is 48.4 Å². The summed E-state index contributed by atoms with van der Waals surface area (Å²) >= 11 is 0. The number of rotatable bonds is 3. The zero-order chi connectivity index (χ0) is 15.0. The van der Waals surface area contributed by atoms with Gasteiger partial charge in [0, 0.05) is 25.7 Å². The number of nitrogens with zero attached hydrogens (tertiary/aromatic N) is 4. The molecule has 21 heavy (non-hydrogen) atoms. The van der Waals surface area contributed by atoms with E-state index in [0.29, 0.717) is 6.04 Å². The van der Waals surface area contributed by atoms with Crippen LogP contribution < -0.4 is 9.80 Å². The minimum Gasteiger partial charge on any atom is -0.362 e. The van der Waals surface area contributed by atoms with Crippen molar-refractivity contribution in [2.45, 2.75) is 46.1 Å². The van der Waals surface area contributed by atoms with Crippen molar-refractivity contribution in [1.82, 2.24) is 4.98 Å². The molecule has 1 aromatic heterocycles. The highest BCUT2D eigenvalue weighted by atomic mass is 15.3. The van der Waals surface area contributed by atoms with Crippen molar-refractivity contribution in [2.24, 2.45) is 5.92 Å². The van der Waals surface area contributed by atoms with Crippen molar-refractivity contribution >= 4 is 17.3 Å². The van der Waals surface area contributed by atoms with Crippen molar-refractivity contribution in [3.05, 3.63) is 23.0 Å². The first-order chi connectivity index (χ1) is 10.1. The minimum atomic E-state index is 0.509. The summed E-state index contributed by atoms with van der Waals surface area (Å²) in [5, 5.41) is 0. The Labute approximate surface area is 127 Å². The van der Waals surface area contributed by atoms with E-state index in [4.69, 9.17) is 11.6 Å². The van der Waals surface area contributed by atoms with E-state index >= 15 is 0 Å². The lowest BCUT2D eigenvalue weighted by Gasteiger charge is -2.41. The van der Waals surface area contributed by atoms with Crippen LogP contribution in [0.15, 0.2) is 6.07 Å². The van der Waals surface area contributed by atoms with Crippen LogP contribution in [0.3, 0.4) is 0 Å². The SMILES string of the molecule is [C-]#[N+]c1c(C)cc(N2CCC(CC)C2)nc1N1CC[C@@H]1C. The van der Waals surface area contributed by atoms with Crippen LogP contribution in [-0.4, -0.2) is 30.7 Å². The first-order valence-electron chi connectivity index (χ1n) is 8.04. The van der Waals surface area contributed by atoms with Crippen molar-refractivity contribution in [1.29, 1.82) is 0 Å². The Kier molecular flexibility index (Phi) is 3.75. The summed E-state index contributed by atoms with van der Waals surface area (Å²) in [5.41, 5.74) is 1.79. The average Bonchev–Trinajstić information content (AvgIpc) is 2.94. The third-order valence-electron chi connectivity index (χ3n) is 5.04. The second-order valence-electron chi connectivity index (χ2n) is 6.42. The van der Waals surface area contributed by atoms with Gasteiger partial charge in [-0.2, -0.15) is 0 Å². The molecule has 4 nitrogen and oxygen atoms in total. The Hall–Kier alpha value is -1.76. The van der Waals surface area contributed by atoms with Crippen molar-refractivity contribution < 1.29 is 0 Å². The molecule has 0 bridgehead atoms. The topological polar surface area (TPSA) is 23.7 Å². The Bertz CT molecular complexity index is 575. The number of hydrogen-bond donors (Lipinski definition) is 0. The number of aromatic nitrogens is 1. The van der Waals surface area contributed by atoms with E-state index in [1.165, 1.54) is 19.3 Å². The molecule has 0 aliphatic carbocycles. The van der Waals surface area contributed by atoms with Crippen LogP contribution in [0.1, 0.15) is 38.7 Å². The van der Waals surface area contributed by atoms with E-state index in [-0.39, 0.29) is 0 Å².